The molecule has 0 spiro atoms. The highest BCUT2D eigenvalue weighted by atomic mass is 14.9. The molecule has 1 saturated carbocycles. The highest BCUT2D eigenvalue weighted by Gasteiger charge is 2.28. The molecule has 1 heteroatoms. The Labute approximate surface area is 120 Å². The zero-order valence-corrected chi connectivity index (χ0v) is 13.1. The normalized spacial score (nSPS) is 30.5. The van der Waals surface area contributed by atoms with Gasteiger partial charge in [0.15, 0.2) is 0 Å². The molecule has 0 saturated heterocycles. The van der Waals surface area contributed by atoms with Crippen molar-refractivity contribution >= 4 is 0 Å². The molecule has 1 nitrogen and oxygen atoms in total. The van der Waals surface area contributed by atoms with E-state index in [1.165, 1.54) is 64.2 Å². The third kappa shape index (κ3) is 4.34. The standard InChI is InChI=1S/C18H33N/c1-3-15-11-13-17(14-12-15)18(19-4-2)16-9-7-5-6-8-10-16/h9,15,17-19H,3-8,10-14H2,1-2H3. The first-order chi connectivity index (χ1) is 9.35. The Balaban J connectivity index is 1.97. The predicted octanol–water partition coefficient (Wildman–Crippen LogP) is 5.07. The molecular formula is C18H33N. The molecule has 1 N–H and O–H groups in total. The predicted molar refractivity (Wildman–Crippen MR) is 84.4 cm³/mol. The zero-order valence-electron chi connectivity index (χ0n) is 13.1. The van der Waals surface area contributed by atoms with Gasteiger partial charge in [-0.2, -0.15) is 0 Å². The first-order valence-corrected chi connectivity index (χ1v) is 8.77. The van der Waals surface area contributed by atoms with E-state index in [0.29, 0.717) is 6.04 Å². The van der Waals surface area contributed by atoms with Crippen LogP contribution in [0.25, 0.3) is 0 Å². The van der Waals surface area contributed by atoms with Crippen LogP contribution >= 0.6 is 0 Å². The van der Waals surface area contributed by atoms with E-state index >= 15 is 0 Å². The van der Waals surface area contributed by atoms with Crippen molar-refractivity contribution < 1.29 is 0 Å². The third-order valence-electron chi connectivity index (χ3n) is 5.34. The minimum atomic E-state index is 0.695. The molecule has 0 heterocycles. The Bertz CT molecular complexity index is 273. The van der Waals surface area contributed by atoms with Crippen molar-refractivity contribution in [1.82, 2.24) is 5.32 Å². The van der Waals surface area contributed by atoms with E-state index in [2.05, 4.69) is 25.2 Å². The summed E-state index contributed by atoms with van der Waals surface area (Å²) in [6.45, 7) is 5.75. The Morgan fingerprint density at radius 1 is 1.11 bits per heavy atom. The molecule has 2 rings (SSSR count). The van der Waals surface area contributed by atoms with Gasteiger partial charge in [-0.1, -0.05) is 51.2 Å². The minimum Gasteiger partial charge on any atom is -0.310 e. The fourth-order valence-corrected chi connectivity index (χ4v) is 4.07. The van der Waals surface area contributed by atoms with Crippen LogP contribution in [-0.2, 0) is 0 Å². The second-order valence-electron chi connectivity index (χ2n) is 6.60. The molecule has 2 aliphatic carbocycles. The average molecular weight is 263 g/mol. The molecule has 0 aromatic carbocycles. The van der Waals surface area contributed by atoms with Gasteiger partial charge < -0.3 is 5.32 Å². The van der Waals surface area contributed by atoms with Crippen molar-refractivity contribution in [3.05, 3.63) is 11.6 Å². The van der Waals surface area contributed by atoms with Crippen LogP contribution in [0.4, 0.5) is 0 Å². The van der Waals surface area contributed by atoms with Gasteiger partial charge in [-0.3, -0.25) is 0 Å². The van der Waals surface area contributed by atoms with Crippen molar-refractivity contribution in [2.45, 2.75) is 84.1 Å². The largest absolute Gasteiger partial charge is 0.310 e. The maximum Gasteiger partial charge on any atom is 0.0307 e. The number of hydrogen-bond donors (Lipinski definition) is 1. The van der Waals surface area contributed by atoms with Crippen LogP contribution in [0, 0.1) is 11.8 Å². The summed E-state index contributed by atoms with van der Waals surface area (Å²) in [6.07, 6.45) is 16.7. The maximum atomic E-state index is 3.81. The van der Waals surface area contributed by atoms with Crippen LogP contribution in [0.1, 0.15) is 78.1 Å². The quantitative estimate of drug-likeness (QED) is 0.683. The zero-order chi connectivity index (χ0) is 13.5. The number of hydrogen-bond acceptors (Lipinski definition) is 1. The van der Waals surface area contributed by atoms with E-state index in [0.717, 1.165) is 18.4 Å². The lowest BCUT2D eigenvalue weighted by molar-refractivity contribution is 0.232. The van der Waals surface area contributed by atoms with E-state index in [9.17, 15) is 0 Å². The van der Waals surface area contributed by atoms with Crippen molar-refractivity contribution in [2.75, 3.05) is 6.54 Å². The topological polar surface area (TPSA) is 12.0 Å². The highest BCUT2D eigenvalue weighted by molar-refractivity contribution is 5.14. The molecule has 1 atom stereocenters. The third-order valence-corrected chi connectivity index (χ3v) is 5.34. The fraction of sp³-hybridized carbons (Fsp3) is 0.889. The molecular weight excluding hydrogens is 230 g/mol. The number of likely N-dealkylation sites (N-methyl/N-ethyl adjacent to an activating group) is 1. The van der Waals surface area contributed by atoms with Crippen LogP contribution in [0.2, 0.25) is 0 Å². The van der Waals surface area contributed by atoms with Gasteiger partial charge >= 0.3 is 0 Å². The summed E-state index contributed by atoms with van der Waals surface area (Å²) in [6, 6.07) is 0.695. The van der Waals surface area contributed by atoms with E-state index < -0.39 is 0 Å². The van der Waals surface area contributed by atoms with Gasteiger partial charge in [-0.05, 0) is 56.9 Å². The van der Waals surface area contributed by atoms with Gasteiger partial charge in [-0.15, -0.1) is 0 Å². The van der Waals surface area contributed by atoms with E-state index in [4.69, 9.17) is 0 Å². The van der Waals surface area contributed by atoms with Crippen molar-refractivity contribution in [1.29, 1.82) is 0 Å². The molecule has 110 valence electrons. The minimum absolute atomic E-state index is 0.695. The first kappa shape index (κ1) is 15.1. The Morgan fingerprint density at radius 3 is 2.58 bits per heavy atom. The van der Waals surface area contributed by atoms with Gasteiger partial charge in [0.2, 0.25) is 0 Å². The molecule has 2 aliphatic rings. The summed E-state index contributed by atoms with van der Waals surface area (Å²) in [7, 11) is 0. The molecule has 0 radical (unpaired) electrons. The Kier molecular flexibility index (Phi) is 6.43. The van der Waals surface area contributed by atoms with Gasteiger partial charge in [0, 0.05) is 6.04 Å². The van der Waals surface area contributed by atoms with Crippen molar-refractivity contribution in [3.63, 3.8) is 0 Å². The molecule has 0 aromatic heterocycles. The van der Waals surface area contributed by atoms with Gasteiger partial charge in [0.05, 0.1) is 0 Å². The summed E-state index contributed by atoms with van der Waals surface area (Å²) in [5.74, 6) is 1.92. The summed E-state index contributed by atoms with van der Waals surface area (Å²) in [4.78, 5) is 0. The monoisotopic (exact) mass is 263 g/mol. The molecule has 0 aliphatic heterocycles. The summed E-state index contributed by atoms with van der Waals surface area (Å²) in [5.41, 5.74) is 1.75. The van der Waals surface area contributed by atoms with Crippen molar-refractivity contribution in [2.24, 2.45) is 11.8 Å². The van der Waals surface area contributed by atoms with E-state index in [1.807, 2.05) is 0 Å². The summed E-state index contributed by atoms with van der Waals surface area (Å²) in [5, 5.41) is 3.81. The van der Waals surface area contributed by atoms with Crippen LogP contribution in [0.5, 0.6) is 0 Å². The van der Waals surface area contributed by atoms with Crippen LogP contribution in [0.15, 0.2) is 11.6 Å². The lowest BCUT2D eigenvalue weighted by Crippen LogP contribution is -2.39. The lowest BCUT2D eigenvalue weighted by atomic mass is 9.75. The van der Waals surface area contributed by atoms with Gasteiger partial charge in [0.1, 0.15) is 0 Å². The van der Waals surface area contributed by atoms with Crippen LogP contribution < -0.4 is 5.32 Å². The second-order valence-corrected chi connectivity index (χ2v) is 6.60. The summed E-state index contributed by atoms with van der Waals surface area (Å²) < 4.78 is 0. The number of allylic oxidation sites excluding steroid dienone is 1. The number of nitrogens with one attached hydrogen (secondary N) is 1. The Morgan fingerprint density at radius 2 is 1.89 bits per heavy atom. The lowest BCUT2D eigenvalue weighted by Gasteiger charge is -2.35. The summed E-state index contributed by atoms with van der Waals surface area (Å²) >= 11 is 0. The SMILES string of the molecule is CCNC(C1=CCCCCC1)C1CCC(CC)CC1. The van der Waals surface area contributed by atoms with Crippen LogP contribution in [-0.4, -0.2) is 12.6 Å². The molecule has 1 fully saturated rings. The van der Waals surface area contributed by atoms with E-state index in [-0.39, 0.29) is 0 Å². The average Bonchev–Trinajstić information content (AvgIpc) is 2.74. The van der Waals surface area contributed by atoms with Crippen molar-refractivity contribution in [3.8, 4) is 0 Å². The highest BCUT2D eigenvalue weighted by Crippen LogP contribution is 2.36. The second kappa shape index (κ2) is 8.09. The fourth-order valence-electron chi connectivity index (χ4n) is 4.07. The van der Waals surface area contributed by atoms with Gasteiger partial charge in [0.25, 0.3) is 0 Å². The molecule has 0 aromatic rings. The maximum absolute atomic E-state index is 3.81. The molecule has 0 amide bonds. The molecule has 0 bridgehead atoms. The molecule has 19 heavy (non-hydrogen) atoms. The first-order valence-electron chi connectivity index (χ1n) is 8.77. The number of rotatable bonds is 5. The van der Waals surface area contributed by atoms with E-state index in [1.54, 1.807) is 5.57 Å². The van der Waals surface area contributed by atoms with Gasteiger partial charge in [-0.25, -0.2) is 0 Å². The Hall–Kier alpha value is -0.300. The van der Waals surface area contributed by atoms with Crippen LogP contribution in [0.3, 0.4) is 0 Å². The molecule has 1 unspecified atom stereocenters. The smallest absolute Gasteiger partial charge is 0.0307 e.